The lowest BCUT2D eigenvalue weighted by Crippen LogP contribution is -1.88. The Balaban J connectivity index is 1.28. The van der Waals surface area contributed by atoms with E-state index in [9.17, 15) is 0 Å². The van der Waals surface area contributed by atoms with Crippen LogP contribution in [0.3, 0.4) is 0 Å². The Morgan fingerprint density at radius 1 is 0.763 bits per heavy atom. The van der Waals surface area contributed by atoms with Crippen LogP contribution in [0.25, 0.3) is 60.6 Å². The van der Waals surface area contributed by atoms with Gasteiger partial charge in [0.25, 0.3) is 0 Å². The van der Waals surface area contributed by atoms with Crippen LogP contribution in [0.2, 0.25) is 0 Å². The van der Waals surface area contributed by atoms with Gasteiger partial charge in [0.2, 0.25) is 0 Å². The van der Waals surface area contributed by atoms with E-state index in [4.69, 9.17) is 9.97 Å². The van der Waals surface area contributed by atoms with E-state index in [1.54, 1.807) is 0 Å². The van der Waals surface area contributed by atoms with Crippen molar-refractivity contribution in [3.63, 3.8) is 0 Å². The SMILES string of the molecule is C=C/C=C\c1c(C)sc2ccc(-c3ccc(-c4cnc5cc(-c6ccc(CC)cc6)ccc5c4)cn3)cc12. The second-order valence-corrected chi connectivity index (χ2v) is 10.7. The molecule has 0 amide bonds. The van der Waals surface area contributed by atoms with Gasteiger partial charge in [0.1, 0.15) is 0 Å². The molecule has 0 saturated heterocycles. The summed E-state index contributed by atoms with van der Waals surface area (Å²) < 4.78 is 1.29. The molecule has 0 unspecified atom stereocenters. The number of aryl methyl sites for hydroxylation is 2. The highest BCUT2D eigenvalue weighted by atomic mass is 32.1. The fraction of sp³-hybridized carbons (Fsp3) is 0.0857. The lowest BCUT2D eigenvalue weighted by molar-refractivity contribution is 1.14. The Hall–Kier alpha value is -4.34. The zero-order valence-electron chi connectivity index (χ0n) is 21.6. The Labute approximate surface area is 227 Å². The standard InChI is InChI=1S/C35H28N2S/c1-4-6-7-31-23(3)38-35-17-15-28(19-32(31)35)33-16-14-29(21-36-33)30-18-27-13-12-26(20-34(27)37-22-30)25-10-8-24(5-2)9-11-25/h4,6-22H,1,5H2,2-3H3/b7-6-. The minimum absolute atomic E-state index is 0.964. The fourth-order valence-electron chi connectivity index (χ4n) is 4.90. The molecule has 0 radical (unpaired) electrons. The van der Waals surface area contributed by atoms with Gasteiger partial charge in [-0.05, 0) is 65.9 Å². The van der Waals surface area contributed by atoms with Crippen molar-refractivity contribution in [2.75, 3.05) is 0 Å². The van der Waals surface area contributed by atoms with Crippen molar-refractivity contribution in [2.24, 2.45) is 0 Å². The summed E-state index contributed by atoms with van der Waals surface area (Å²) in [6.07, 6.45) is 10.9. The second kappa shape index (κ2) is 10.2. The number of hydrogen-bond acceptors (Lipinski definition) is 3. The smallest absolute Gasteiger partial charge is 0.0708 e. The van der Waals surface area contributed by atoms with Crippen molar-refractivity contribution in [1.29, 1.82) is 0 Å². The maximum absolute atomic E-state index is 4.82. The van der Waals surface area contributed by atoms with Gasteiger partial charge in [0, 0.05) is 49.4 Å². The summed E-state index contributed by atoms with van der Waals surface area (Å²) in [5.74, 6) is 0. The average molecular weight is 509 g/mol. The first kappa shape index (κ1) is 24.0. The number of rotatable bonds is 6. The van der Waals surface area contributed by atoms with Gasteiger partial charge in [-0.15, -0.1) is 11.3 Å². The molecule has 0 aliphatic rings. The van der Waals surface area contributed by atoms with Gasteiger partial charge in [-0.3, -0.25) is 9.97 Å². The number of hydrogen-bond donors (Lipinski definition) is 0. The van der Waals surface area contributed by atoms with Crippen molar-refractivity contribution in [3.05, 3.63) is 126 Å². The predicted octanol–water partition coefficient (Wildman–Crippen LogP) is 9.92. The first-order valence-electron chi connectivity index (χ1n) is 12.9. The summed E-state index contributed by atoms with van der Waals surface area (Å²) in [5, 5.41) is 2.38. The molecule has 0 bridgehead atoms. The van der Waals surface area contributed by atoms with Crippen molar-refractivity contribution in [2.45, 2.75) is 20.3 Å². The Kier molecular flexibility index (Phi) is 6.45. The largest absolute Gasteiger partial charge is 0.256 e. The molecule has 0 fully saturated rings. The van der Waals surface area contributed by atoms with Crippen LogP contribution in [-0.2, 0) is 6.42 Å². The summed E-state index contributed by atoms with van der Waals surface area (Å²) in [4.78, 5) is 10.9. The van der Waals surface area contributed by atoms with E-state index in [0.29, 0.717) is 0 Å². The molecule has 6 rings (SSSR count). The minimum atomic E-state index is 0.964. The molecule has 3 heterocycles. The highest BCUT2D eigenvalue weighted by Crippen LogP contribution is 2.35. The third kappa shape index (κ3) is 4.57. The lowest BCUT2D eigenvalue weighted by Gasteiger charge is -2.08. The molecular weight excluding hydrogens is 480 g/mol. The zero-order valence-corrected chi connectivity index (χ0v) is 22.4. The summed E-state index contributed by atoms with van der Waals surface area (Å²) in [7, 11) is 0. The maximum Gasteiger partial charge on any atom is 0.0708 e. The van der Waals surface area contributed by atoms with Crippen LogP contribution < -0.4 is 0 Å². The Bertz CT molecular complexity index is 1810. The van der Waals surface area contributed by atoms with Crippen molar-refractivity contribution >= 4 is 38.4 Å². The van der Waals surface area contributed by atoms with Gasteiger partial charge in [-0.1, -0.05) is 80.3 Å². The highest BCUT2D eigenvalue weighted by Gasteiger charge is 2.10. The van der Waals surface area contributed by atoms with Crippen molar-refractivity contribution in [1.82, 2.24) is 9.97 Å². The Morgan fingerprint density at radius 3 is 2.29 bits per heavy atom. The number of nitrogens with zero attached hydrogens (tertiary/aromatic N) is 2. The summed E-state index contributed by atoms with van der Waals surface area (Å²) in [6.45, 7) is 8.16. The van der Waals surface area contributed by atoms with Crippen LogP contribution in [-0.4, -0.2) is 9.97 Å². The number of aromatic nitrogens is 2. The summed E-state index contributed by atoms with van der Waals surface area (Å²) in [6, 6.07) is 28.3. The van der Waals surface area contributed by atoms with E-state index >= 15 is 0 Å². The summed E-state index contributed by atoms with van der Waals surface area (Å²) >= 11 is 1.82. The van der Waals surface area contributed by atoms with Crippen LogP contribution in [0, 0.1) is 6.92 Å². The van der Waals surface area contributed by atoms with Gasteiger partial charge < -0.3 is 0 Å². The normalized spacial score (nSPS) is 11.5. The van der Waals surface area contributed by atoms with Gasteiger partial charge in [-0.2, -0.15) is 0 Å². The molecule has 0 N–H and O–H groups in total. The van der Waals surface area contributed by atoms with E-state index < -0.39 is 0 Å². The number of fused-ring (bicyclic) bond motifs is 2. The molecule has 3 aromatic heterocycles. The first-order valence-corrected chi connectivity index (χ1v) is 13.7. The molecule has 2 nitrogen and oxygen atoms in total. The van der Waals surface area contributed by atoms with Crippen LogP contribution in [0.4, 0.5) is 0 Å². The van der Waals surface area contributed by atoms with E-state index in [1.165, 1.54) is 37.2 Å². The van der Waals surface area contributed by atoms with Gasteiger partial charge in [-0.25, -0.2) is 0 Å². The van der Waals surface area contributed by atoms with E-state index in [2.05, 4.69) is 105 Å². The number of thiophene rings is 1. The number of pyridine rings is 2. The molecule has 0 saturated carbocycles. The number of benzene rings is 3. The molecule has 0 atom stereocenters. The van der Waals surface area contributed by atoms with E-state index in [-0.39, 0.29) is 0 Å². The second-order valence-electron chi connectivity index (χ2n) is 9.49. The Morgan fingerprint density at radius 2 is 1.53 bits per heavy atom. The molecule has 3 aromatic carbocycles. The molecule has 0 spiro atoms. The van der Waals surface area contributed by atoms with Crippen LogP contribution in [0.15, 0.2) is 110 Å². The van der Waals surface area contributed by atoms with Crippen molar-refractivity contribution < 1.29 is 0 Å². The molecule has 6 aromatic rings. The molecule has 184 valence electrons. The van der Waals surface area contributed by atoms with Crippen LogP contribution in [0.5, 0.6) is 0 Å². The molecular formula is C35H28N2S. The fourth-order valence-corrected chi connectivity index (χ4v) is 5.93. The third-order valence-corrected chi connectivity index (χ3v) is 8.19. The quantitative estimate of drug-likeness (QED) is 0.209. The topological polar surface area (TPSA) is 25.8 Å². The van der Waals surface area contributed by atoms with Gasteiger partial charge in [0.15, 0.2) is 0 Å². The molecule has 0 aliphatic carbocycles. The van der Waals surface area contributed by atoms with Crippen LogP contribution >= 0.6 is 11.3 Å². The third-order valence-electron chi connectivity index (χ3n) is 7.08. The zero-order chi connectivity index (χ0) is 26.1. The van der Waals surface area contributed by atoms with Crippen LogP contribution in [0.1, 0.15) is 22.9 Å². The van der Waals surface area contributed by atoms with Gasteiger partial charge >= 0.3 is 0 Å². The predicted molar refractivity (Wildman–Crippen MR) is 165 cm³/mol. The molecule has 0 aliphatic heterocycles. The van der Waals surface area contributed by atoms with E-state index in [0.717, 1.165) is 39.7 Å². The summed E-state index contributed by atoms with van der Waals surface area (Å²) in [5.41, 5.74) is 10.2. The van der Waals surface area contributed by atoms with Crippen molar-refractivity contribution in [3.8, 4) is 33.5 Å². The highest BCUT2D eigenvalue weighted by molar-refractivity contribution is 7.19. The first-order chi connectivity index (χ1) is 18.6. The maximum atomic E-state index is 4.82. The monoisotopic (exact) mass is 508 g/mol. The molecule has 38 heavy (non-hydrogen) atoms. The lowest BCUT2D eigenvalue weighted by atomic mass is 10.00. The number of allylic oxidation sites excluding steroid dienone is 2. The molecule has 3 heteroatoms. The van der Waals surface area contributed by atoms with E-state index in [1.807, 2.05) is 35.9 Å². The average Bonchev–Trinajstić information content (AvgIpc) is 3.29. The minimum Gasteiger partial charge on any atom is -0.256 e. The van der Waals surface area contributed by atoms with Gasteiger partial charge in [0.05, 0.1) is 11.2 Å².